The molecule has 0 aromatic carbocycles. The second kappa shape index (κ2) is 13.6. The number of ether oxygens (including phenoxy) is 4. The normalized spacial score (nSPS) is 9.17. The van der Waals surface area contributed by atoms with E-state index in [0.717, 1.165) is 12.2 Å². The first kappa shape index (κ1) is 21.0. The van der Waals surface area contributed by atoms with Crippen molar-refractivity contribution >= 4 is 24.1 Å². The smallest absolute Gasteiger partial charge is 0.407 e. The van der Waals surface area contributed by atoms with Crippen molar-refractivity contribution < 1.29 is 38.1 Å². The highest BCUT2D eigenvalue weighted by Crippen LogP contribution is 1.84. The molecule has 10 heteroatoms. The molecule has 24 heavy (non-hydrogen) atoms. The van der Waals surface area contributed by atoms with Crippen molar-refractivity contribution in [3.05, 3.63) is 25.3 Å². The van der Waals surface area contributed by atoms with E-state index in [1.807, 2.05) is 0 Å². The quantitative estimate of drug-likeness (QED) is 0.230. The van der Waals surface area contributed by atoms with Crippen molar-refractivity contribution in [1.29, 1.82) is 0 Å². The Bertz CT molecular complexity index is 422. The predicted molar refractivity (Wildman–Crippen MR) is 81.0 cm³/mol. The summed E-state index contributed by atoms with van der Waals surface area (Å²) in [6.07, 6.45) is 0.518. The van der Waals surface area contributed by atoms with Gasteiger partial charge >= 0.3 is 24.1 Å². The van der Waals surface area contributed by atoms with Gasteiger partial charge in [-0.15, -0.1) is 0 Å². The largest absolute Gasteiger partial charge is 0.461 e. The predicted octanol–water partition coefficient (Wildman–Crippen LogP) is -0.103. The first-order valence-corrected chi connectivity index (χ1v) is 6.89. The summed E-state index contributed by atoms with van der Waals surface area (Å²) in [5, 5.41) is 4.65. The maximum Gasteiger partial charge on any atom is 0.407 e. The molecule has 0 aliphatic heterocycles. The second-order valence-corrected chi connectivity index (χ2v) is 3.87. The number of alkyl carbamates (subject to hydrolysis) is 2. The summed E-state index contributed by atoms with van der Waals surface area (Å²) >= 11 is 0. The molecule has 0 aliphatic rings. The van der Waals surface area contributed by atoms with Gasteiger partial charge in [0.25, 0.3) is 0 Å². The van der Waals surface area contributed by atoms with Crippen molar-refractivity contribution in [3.63, 3.8) is 0 Å². The van der Waals surface area contributed by atoms with Crippen LogP contribution in [0.1, 0.15) is 0 Å². The third kappa shape index (κ3) is 12.7. The van der Waals surface area contributed by atoms with Crippen LogP contribution in [0.25, 0.3) is 0 Å². The topological polar surface area (TPSA) is 129 Å². The van der Waals surface area contributed by atoms with Gasteiger partial charge in [-0.05, 0) is 0 Å². The number of carbonyl (C=O) groups excluding carboxylic acids is 4. The average Bonchev–Trinajstić information content (AvgIpc) is 2.58. The van der Waals surface area contributed by atoms with Crippen LogP contribution in [0.4, 0.5) is 9.59 Å². The lowest BCUT2D eigenvalue weighted by molar-refractivity contribution is -0.138. The summed E-state index contributed by atoms with van der Waals surface area (Å²) < 4.78 is 18.7. The number of amides is 2. The monoisotopic (exact) mass is 344 g/mol. The molecule has 0 saturated carbocycles. The molecule has 0 heterocycles. The molecule has 0 aliphatic carbocycles. The molecule has 0 unspecified atom stereocenters. The fraction of sp³-hybridized carbons (Fsp3) is 0.429. The lowest BCUT2D eigenvalue weighted by Crippen LogP contribution is -2.31. The fourth-order valence-electron chi connectivity index (χ4n) is 1.10. The lowest BCUT2D eigenvalue weighted by atomic mass is 10.6. The summed E-state index contributed by atoms with van der Waals surface area (Å²) in [6, 6.07) is 0. The Morgan fingerprint density at radius 3 is 1.38 bits per heavy atom. The van der Waals surface area contributed by atoms with E-state index in [4.69, 9.17) is 9.47 Å². The molecule has 0 aromatic rings. The van der Waals surface area contributed by atoms with Crippen LogP contribution in [0.3, 0.4) is 0 Å². The van der Waals surface area contributed by atoms with E-state index in [0.29, 0.717) is 0 Å². The van der Waals surface area contributed by atoms with Crippen LogP contribution in [-0.2, 0) is 28.5 Å². The highest BCUT2D eigenvalue weighted by Gasteiger charge is 2.05. The Labute approximate surface area is 138 Å². The summed E-state index contributed by atoms with van der Waals surface area (Å²) in [5.74, 6) is -1.19. The molecule has 0 atom stereocenters. The van der Waals surface area contributed by atoms with Gasteiger partial charge in [-0.2, -0.15) is 0 Å². The SMILES string of the molecule is C=CC(=O)OCCNC(=O)OCCOC(=O)NCCOC(=O)C=C. The summed E-state index contributed by atoms with van der Waals surface area (Å²) in [5.41, 5.74) is 0. The standard InChI is InChI=1S/C14H20N2O8/c1-3-11(17)21-7-5-15-13(19)23-9-10-24-14(20)16-6-8-22-12(18)4-2/h3-4H,1-2,5-10H2,(H,15,19)(H,16,20). The number of nitrogens with one attached hydrogen (secondary N) is 2. The molecule has 2 N–H and O–H groups in total. The first-order chi connectivity index (χ1) is 11.5. The lowest BCUT2D eigenvalue weighted by Gasteiger charge is -2.08. The molecule has 134 valence electrons. The van der Waals surface area contributed by atoms with Crippen LogP contribution in [0.5, 0.6) is 0 Å². The molecule has 0 aromatic heterocycles. The van der Waals surface area contributed by atoms with E-state index in [9.17, 15) is 19.2 Å². The highest BCUT2D eigenvalue weighted by atomic mass is 16.6. The Morgan fingerprint density at radius 1 is 0.667 bits per heavy atom. The van der Waals surface area contributed by atoms with Gasteiger partial charge in [0.2, 0.25) is 0 Å². The Hall–Kier alpha value is -3.04. The molecule has 0 spiro atoms. The number of hydrogen-bond donors (Lipinski definition) is 2. The summed E-state index contributed by atoms with van der Waals surface area (Å²) in [4.78, 5) is 43.8. The van der Waals surface area contributed by atoms with E-state index < -0.39 is 24.1 Å². The van der Waals surface area contributed by atoms with Crippen molar-refractivity contribution in [3.8, 4) is 0 Å². The van der Waals surface area contributed by atoms with Crippen LogP contribution in [0.15, 0.2) is 25.3 Å². The van der Waals surface area contributed by atoms with E-state index >= 15 is 0 Å². The Balaban J connectivity index is 3.50. The van der Waals surface area contributed by atoms with Crippen molar-refractivity contribution in [1.82, 2.24) is 10.6 Å². The zero-order valence-electron chi connectivity index (χ0n) is 13.1. The zero-order valence-corrected chi connectivity index (χ0v) is 13.1. The van der Waals surface area contributed by atoms with Crippen molar-refractivity contribution in [2.24, 2.45) is 0 Å². The third-order valence-corrected chi connectivity index (χ3v) is 2.11. The molecule has 0 rings (SSSR count). The minimum Gasteiger partial charge on any atom is -0.461 e. The van der Waals surface area contributed by atoms with E-state index in [-0.39, 0.29) is 39.5 Å². The summed E-state index contributed by atoms with van der Waals surface area (Å²) in [6.45, 7) is 6.23. The van der Waals surface area contributed by atoms with E-state index in [1.165, 1.54) is 0 Å². The van der Waals surface area contributed by atoms with Gasteiger partial charge in [0, 0.05) is 12.2 Å². The summed E-state index contributed by atoms with van der Waals surface area (Å²) in [7, 11) is 0. The maximum atomic E-state index is 11.2. The zero-order chi connectivity index (χ0) is 18.2. The molecule has 0 bridgehead atoms. The highest BCUT2D eigenvalue weighted by molar-refractivity contribution is 5.81. The Kier molecular flexibility index (Phi) is 11.9. The molecule has 10 nitrogen and oxygen atoms in total. The van der Waals surface area contributed by atoms with Gasteiger partial charge in [-0.25, -0.2) is 19.2 Å². The number of carbonyl (C=O) groups is 4. The van der Waals surface area contributed by atoms with Crippen molar-refractivity contribution in [2.75, 3.05) is 39.5 Å². The van der Waals surface area contributed by atoms with Gasteiger partial charge < -0.3 is 29.6 Å². The molecule has 0 saturated heterocycles. The van der Waals surface area contributed by atoms with Crippen LogP contribution < -0.4 is 10.6 Å². The number of esters is 2. The van der Waals surface area contributed by atoms with E-state index in [2.05, 4.69) is 33.3 Å². The second-order valence-electron chi connectivity index (χ2n) is 3.87. The molecule has 0 radical (unpaired) electrons. The van der Waals surface area contributed by atoms with Crippen molar-refractivity contribution in [2.45, 2.75) is 0 Å². The van der Waals surface area contributed by atoms with Gasteiger partial charge in [0.05, 0.1) is 13.1 Å². The van der Waals surface area contributed by atoms with Gasteiger partial charge in [0.1, 0.15) is 26.4 Å². The molecule has 0 fully saturated rings. The average molecular weight is 344 g/mol. The molecule has 2 amide bonds. The van der Waals surface area contributed by atoms with E-state index in [1.54, 1.807) is 0 Å². The van der Waals surface area contributed by atoms with Crippen LogP contribution in [0, 0.1) is 0 Å². The Morgan fingerprint density at radius 2 is 1.04 bits per heavy atom. The minimum atomic E-state index is -0.745. The first-order valence-electron chi connectivity index (χ1n) is 6.89. The minimum absolute atomic E-state index is 0.0186. The number of rotatable bonds is 11. The van der Waals surface area contributed by atoms with Crippen LogP contribution in [0.2, 0.25) is 0 Å². The molecular formula is C14H20N2O8. The molecular weight excluding hydrogens is 324 g/mol. The third-order valence-electron chi connectivity index (χ3n) is 2.11. The maximum absolute atomic E-state index is 11.2. The van der Waals surface area contributed by atoms with Crippen LogP contribution in [-0.4, -0.2) is 63.6 Å². The van der Waals surface area contributed by atoms with Crippen LogP contribution >= 0.6 is 0 Å². The van der Waals surface area contributed by atoms with Gasteiger partial charge in [-0.3, -0.25) is 0 Å². The van der Waals surface area contributed by atoms with Gasteiger partial charge in [-0.1, -0.05) is 13.2 Å². The van der Waals surface area contributed by atoms with Gasteiger partial charge in [0.15, 0.2) is 0 Å². The number of hydrogen-bond acceptors (Lipinski definition) is 8. The fourth-order valence-corrected chi connectivity index (χ4v) is 1.10.